The van der Waals surface area contributed by atoms with Crippen LogP contribution in [0.1, 0.15) is 51.1 Å². The molecule has 0 spiro atoms. The van der Waals surface area contributed by atoms with E-state index in [0.29, 0.717) is 23.5 Å². The van der Waals surface area contributed by atoms with E-state index >= 15 is 0 Å². The number of ether oxygens (including phenoxy) is 2. The van der Waals surface area contributed by atoms with Crippen LogP contribution in [-0.2, 0) is 9.59 Å². The Bertz CT molecular complexity index is 1200. The van der Waals surface area contributed by atoms with E-state index in [-0.39, 0.29) is 29.7 Å². The van der Waals surface area contributed by atoms with E-state index in [1.54, 1.807) is 14.2 Å². The largest absolute Gasteiger partial charge is 0.497 e. The van der Waals surface area contributed by atoms with Crippen molar-refractivity contribution >= 4 is 23.1 Å². The van der Waals surface area contributed by atoms with Gasteiger partial charge in [0.1, 0.15) is 11.5 Å². The first-order chi connectivity index (χ1) is 16.8. The van der Waals surface area contributed by atoms with Crippen molar-refractivity contribution in [2.75, 3.05) is 31.0 Å². The molecular weight excluding hydrogens is 442 g/mol. The van der Waals surface area contributed by atoms with Gasteiger partial charge in [-0.15, -0.1) is 0 Å². The van der Waals surface area contributed by atoms with Crippen LogP contribution in [0.15, 0.2) is 53.7 Å². The van der Waals surface area contributed by atoms with Gasteiger partial charge in [-0.3, -0.25) is 9.59 Å². The Hall–Kier alpha value is -3.48. The number of hydrogen-bond acceptors (Lipinski definition) is 6. The number of Topliss-reactive ketones (excluding diaryl/α,β-unsaturated/α-hetero) is 1. The van der Waals surface area contributed by atoms with E-state index < -0.39 is 6.04 Å². The molecule has 1 fully saturated rings. The van der Waals surface area contributed by atoms with Crippen LogP contribution in [0.25, 0.3) is 0 Å². The predicted molar refractivity (Wildman–Crippen MR) is 136 cm³/mol. The molecule has 7 nitrogen and oxygen atoms in total. The number of hydrogen-bond donors (Lipinski definition) is 2. The van der Waals surface area contributed by atoms with Crippen LogP contribution in [0.4, 0.5) is 11.4 Å². The molecule has 1 atom stereocenters. The summed E-state index contributed by atoms with van der Waals surface area (Å²) >= 11 is 0. The van der Waals surface area contributed by atoms with E-state index in [2.05, 4.69) is 24.5 Å². The van der Waals surface area contributed by atoms with Crippen LogP contribution in [0.5, 0.6) is 11.5 Å². The summed E-state index contributed by atoms with van der Waals surface area (Å²) in [6, 6.07) is 13.4. The molecule has 3 aliphatic rings. The minimum absolute atomic E-state index is 0.0487. The van der Waals surface area contributed by atoms with Crippen LogP contribution in [0, 0.1) is 5.41 Å². The molecular formula is C28H33N3O4. The molecule has 0 aromatic heterocycles. The minimum Gasteiger partial charge on any atom is -0.497 e. The molecule has 7 heteroatoms. The number of methoxy groups -OCH3 is 2. The average Bonchev–Trinajstić information content (AvgIpc) is 3.64. The van der Waals surface area contributed by atoms with Crippen LogP contribution in [0.2, 0.25) is 0 Å². The molecule has 2 aromatic carbocycles. The second-order valence-electron chi connectivity index (χ2n) is 10.5. The number of fused-ring (bicyclic) bond motifs is 1. The smallest absolute Gasteiger partial charge is 0.239 e. The highest BCUT2D eigenvalue weighted by molar-refractivity contribution is 6.02. The first kappa shape index (κ1) is 23.3. The zero-order valence-corrected chi connectivity index (χ0v) is 20.8. The monoisotopic (exact) mass is 475 g/mol. The molecule has 1 amide bonds. The number of amides is 1. The van der Waals surface area contributed by atoms with Crippen molar-refractivity contribution in [3.05, 3.63) is 59.3 Å². The second kappa shape index (κ2) is 8.95. The molecule has 2 aromatic rings. The molecule has 0 saturated heterocycles. The number of nitrogens with one attached hydrogen (secondary N) is 2. The first-order valence-electron chi connectivity index (χ1n) is 12.2. The van der Waals surface area contributed by atoms with Gasteiger partial charge < -0.3 is 25.0 Å². The number of carbonyl (C=O) groups excluding carboxylic acids is 2. The van der Waals surface area contributed by atoms with Crippen molar-refractivity contribution in [3.8, 4) is 11.5 Å². The van der Waals surface area contributed by atoms with Gasteiger partial charge >= 0.3 is 0 Å². The van der Waals surface area contributed by atoms with Crippen molar-refractivity contribution in [1.29, 1.82) is 0 Å². The SMILES string of the molecule is COc1ccc(C2C3=C(CC(C)(C)CC3=O)Nc3ccccc3N2CC(=O)NC2CC2)c(OC)c1. The molecule has 5 rings (SSSR count). The van der Waals surface area contributed by atoms with E-state index in [0.717, 1.165) is 41.9 Å². The number of allylic oxidation sites excluding steroid dienone is 1. The van der Waals surface area contributed by atoms with Gasteiger partial charge in [0.25, 0.3) is 0 Å². The molecule has 2 N–H and O–H groups in total. The van der Waals surface area contributed by atoms with E-state index in [4.69, 9.17) is 9.47 Å². The van der Waals surface area contributed by atoms with Gasteiger partial charge in [-0.2, -0.15) is 0 Å². The lowest BCUT2D eigenvalue weighted by Gasteiger charge is -2.38. The maximum absolute atomic E-state index is 13.8. The summed E-state index contributed by atoms with van der Waals surface area (Å²) in [6.07, 6.45) is 3.21. The highest BCUT2D eigenvalue weighted by atomic mass is 16.5. The number of rotatable bonds is 6. The lowest BCUT2D eigenvalue weighted by molar-refractivity contribution is -0.120. The summed E-state index contributed by atoms with van der Waals surface area (Å²) in [5.41, 5.74) is 4.03. The summed E-state index contributed by atoms with van der Waals surface area (Å²) in [5, 5.41) is 6.70. The van der Waals surface area contributed by atoms with Crippen molar-refractivity contribution in [2.24, 2.45) is 5.41 Å². The Kier molecular flexibility index (Phi) is 5.95. The zero-order chi connectivity index (χ0) is 24.7. The Morgan fingerprint density at radius 3 is 2.60 bits per heavy atom. The van der Waals surface area contributed by atoms with Gasteiger partial charge in [-0.1, -0.05) is 26.0 Å². The standard InChI is InChI=1S/C28H33N3O4/c1-28(2)14-21-26(23(32)15-28)27(19-12-11-18(34-3)13-24(19)35-4)31(16-25(33)29-17-9-10-17)22-8-6-5-7-20(22)30-21/h5-8,11-13,17,27,30H,9-10,14-16H2,1-4H3,(H,29,33). The number of ketones is 1. The van der Waals surface area contributed by atoms with Crippen molar-refractivity contribution in [1.82, 2.24) is 5.32 Å². The van der Waals surface area contributed by atoms with E-state index in [1.165, 1.54) is 0 Å². The molecule has 0 radical (unpaired) electrons. The highest BCUT2D eigenvalue weighted by Gasteiger charge is 2.43. The second-order valence-corrected chi connectivity index (χ2v) is 10.5. The fourth-order valence-corrected chi connectivity index (χ4v) is 5.25. The third-order valence-corrected chi connectivity index (χ3v) is 7.00. The molecule has 35 heavy (non-hydrogen) atoms. The van der Waals surface area contributed by atoms with Crippen molar-refractivity contribution in [3.63, 3.8) is 0 Å². The quantitative estimate of drug-likeness (QED) is 0.636. The Labute approximate surface area is 206 Å². The number of carbonyl (C=O) groups is 2. The number of anilines is 2. The molecule has 1 aliphatic heterocycles. The highest BCUT2D eigenvalue weighted by Crippen LogP contribution is 2.49. The summed E-state index contributed by atoms with van der Waals surface area (Å²) in [5.74, 6) is 1.33. The van der Waals surface area contributed by atoms with Gasteiger partial charge in [0.2, 0.25) is 5.91 Å². The lowest BCUT2D eigenvalue weighted by atomic mass is 9.73. The van der Waals surface area contributed by atoms with Crippen molar-refractivity contribution in [2.45, 2.75) is 51.6 Å². The van der Waals surface area contributed by atoms with Gasteiger partial charge in [0.05, 0.1) is 38.2 Å². The van der Waals surface area contributed by atoms with Gasteiger partial charge in [-0.25, -0.2) is 0 Å². The Morgan fingerprint density at radius 1 is 1.11 bits per heavy atom. The fraction of sp³-hybridized carbons (Fsp3) is 0.429. The summed E-state index contributed by atoms with van der Waals surface area (Å²) < 4.78 is 11.2. The topological polar surface area (TPSA) is 79.9 Å². The zero-order valence-electron chi connectivity index (χ0n) is 20.8. The molecule has 2 aliphatic carbocycles. The third kappa shape index (κ3) is 4.59. The predicted octanol–water partition coefficient (Wildman–Crippen LogP) is 4.60. The van der Waals surface area contributed by atoms with Gasteiger partial charge in [-0.05, 0) is 48.9 Å². The van der Waals surface area contributed by atoms with E-state index in [1.807, 2.05) is 47.4 Å². The third-order valence-electron chi connectivity index (χ3n) is 7.00. The number of para-hydroxylation sites is 2. The normalized spacial score (nSPS) is 20.9. The summed E-state index contributed by atoms with van der Waals surface area (Å²) in [7, 11) is 3.23. The maximum atomic E-state index is 13.8. The molecule has 0 bridgehead atoms. The van der Waals surface area contributed by atoms with Crippen LogP contribution in [-0.4, -0.2) is 38.5 Å². The fourth-order valence-electron chi connectivity index (χ4n) is 5.25. The first-order valence-corrected chi connectivity index (χ1v) is 12.2. The summed E-state index contributed by atoms with van der Waals surface area (Å²) in [4.78, 5) is 29.0. The Morgan fingerprint density at radius 2 is 1.89 bits per heavy atom. The van der Waals surface area contributed by atoms with Gasteiger partial charge in [0, 0.05) is 35.4 Å². The summed E-state index contributed by atoms with van der Waals surface area (Å²) in [6.45, 7) is 4.37. The Balaban J connectivity index is 1.71. The van der Waals surface area contributed by atoms with Gasteiger partial charge in [0.15, 0.2) is 5.78 Å². The number of nitrogens with zero attached hydrogens (tertiary/aromatic N) is 1. The molecule has 1 heterocycles. The van der Waals surface area contributed by atoms with Crippen molar-refractivity contribution < 1.29 is 19.1 Å². The van der Waals surface area contributed by atoms with Crippen LogP contribution < -0.4 is 25.0 Å². The number of benzene rings is 2. The molecule has 184 valence electrons. The van der Waals surface area contributed by atoms with Crippen LogP contribution in [0.3, 0.4) is 0 Å². The lowest BCUT2D eigenvalue weighted by Crippen LogP contribution is -2.42. The molecule has 1 unspecified atom stereocenters. The average molecular weight is 476 g/mol. The molecule has 1 saturated carbocycles. The van der Waals surface area contributed by atoms with Crippen LogP contribution >= 0.6 is 0 Å². The maximum Gasteiger partial charge on any atom is 0.239 e. The van der Waals surface area contributed by atoms with E-state index in [9.17, 15) is 9.59 Å². The minimum atomic E-state index is -0.490.